The Hall–Kier alpha value is -1.84. The number of anilines is 1. The van der Waals surface area contributed by atoms with Crippen LogP contribution >= 0.6 is 11.6 Å². The summed E-state index contributed by atoms with van der Waals surface area (Å²) in [6, 6.07) is 13.5. The molecule has 0 atom stereocenters. The monoisotopic (exact) mass is 301 g/mol. The van der Waals surface area contributed by atoms with Gasteiger partial charge in [0.15, 0.2) is 0 Å². The molecule has 0 spiro atoms. The van der Waals surface area contributed by atoms with Crippen LogP contribution in [0.4, 0.5) is 5.69 Å². The topological polar surface area (TPSA) is 61.9 Å². The molecule has 0 fully saturated rings. The molecule has 0 aromatic heterocycles. The molecule has 0 aliphatic carbocycles. The van der Waals surface area contributed by atoms with Crippen LogP contribution in [0.2, 0.25) is 5.02 Å². The third-order valence-electron chi connectivity index (χ3n) is 3.27. The number of hydrogen-bond donors (Lipinski definition) is 3. The molecule has 2 rings (SSSR count). The van der Waals surface area contributed by atoms with E-state index in [-0.39, 0.29) is 0 Å². The van der Waals surface area contributed by atoms with Crippen molar-refractivity contribution >= 4 is 23.0 Å². The quantitative estimate of drug-likeness (QED) is 0.432. The van der Waals surface area contributed by atoms with Crippen LogP contribution in [0.15, 0.2) is 42.5 Å². The number of para-hydroxylation sites is 1. The first-order valence-electron chi connectivity index (χ1n) is 6.95. The first-order chi connectivity index (χ1) is 10.1. The molecule has 0 radical (unpaired) electrons. The summed E-state index contributed by atoms with van der Waals surface area (Å²) in [5, 5.41) is 12.2. The second kappa shape index (κ2) is 7.25. The van der Waals surface area contributed by atoms with Gasteiger partial charge in [0.1, 0.15) is 0 Å². The Balaban J connectivity index is 1.82. The molecule has 0 aliphatic heterocycles. The number of nitrogens with one attached hydrogen (secondary N) is 2. The van der Waals surface area contributed by atoms with Gasteiger partial charge in [-0.25, -0.2) is 0 Å². The van der Waals surface area contributed by atoms with Gasteiger partial charge in [-0.1, -0.05) is 35.9 Å². The van der Waals surface area contributed by atoms with Crippen molar-refractivity contribution in [1.82, 2.24) is 5.32 Å². The van der Waals surface area contributed by atoms with Gasteiger partial charge in [0, 0.05) is 41.5 Å². The molecule has 0 unspecified atom stereocenters. The minimum atomic E-state index is 0.558. The lowest BCUT2D eigenvalue weighted by molar-refractivity contribution is 0.704. The van der Waals surface area contributed by atoms with Crippen LogP contribution in [-0.2, 0) is 6.54 Å². The fraction of sp³-hybridized carbons (Fsp3) is 0.235. The predicted octanol–water partition coefficient (Wildman–Crippen LogP) is 3.78. The molecule has 4 heteroatoms. The van der Waals surface area contributed by atoms with Gasteiger partial charge in [-0.05, 0) is 36.2 Å². The average Bonchev–Trinajstić information content (AvgIpc) is 2.43. The Morgan fingerprint density at radius 3 is 2.71 bits per heavy atom. The van der Waals surface area contributed by atoms with E-state index in [9.17, 15) is 0 Å². The van der Waals surface area contributed by atoms with Crippen molar-refractivity contribution < 1.29 is 0 Å². The third-order valence-corrected chi connectivity index (χ3v) is 3.49. The Morgan fingerprint density at radius 2 is 2.00 bits per heavy atom. The van der Waals surface area contributed by atoms with Gasteiger partial charge in [0.25, 0.3) is 0 Å². The van der Waals surface area contributed by atoms with E-state index in [4.69, 9.17) is 22.7 Å². The lowest BCUT2D eigenvalue weighted by Gasteiger charge is -2.09. The molecule has 0 saturated heterocycles. The summed E-state index contributed by atoms with van der Waals surface area (Å²) in [5.41, 5.74) is 10.2. The van der Waals surface area contributed by atoms with Crippen molar-refractivity contribution in [1.29, 1.82) is 5.41 Å². The fourth-order valence-electron chi connectivity index (χ4n) is 2.27. The van der Waals surface area contributed by atoms with Gasteiger partial charge < -0.3 is 16.5 Å². The summed E-state index contributed by atoms with van der Waals surface area (Å²) in [6.45, 7) is 3.51. The van der Waals surface area contributed by atoms with Crippen molar-refractivity contribution in [2.75, 3.05) is 12.3 Å². The van der Waals surface area contributed by atoms with Crippen LogP contribution < -0.4 is 11.1 Å². The molecule has 0 amide bonds. The molecule has 0 aliphatic rings. The lowest BCUT2D eigenvalue weighted by Crippen LogP contribution is -2.18. The second-order valence-electron chi connectivity index (χ2n) is 5.13. The van der Waals surface area contributed by atoms with E-state index < -0.39 is 0 Å². The van der Waals surface area contributed by atoms with E-state index in [1.165, 1.54) is 0 Å². The summed E-state index contributed by atoms with van der Waals surface area (Å²) >= 11 is 6.04. The highest BCUT2D eigenvalue weighted by Gasteiger charge is 2.04. The summed E-state index contributed by atoms with van der Waals surface area (Å²) < 4.78 is 0. The van der Waals surface area contributed by atoms with Crippen LogP contribution in [-0.4, -0.2) is 12.3 Å². The van der Waals surface area contributed by atoms with Crippen molar-refractivity contribution in [3.05, 3.63) is 64.2 Å². The zero-order chi connectivity index (χ0) is 15.2. The van der Waals surface area contributed by atoms with Crippen LogP contribution in [0.25, 0.3) is 0 Å². The molecular weight excluding hydrogens is 282 g/mol. The van der Waals surface area contributed by atoms with Crippen LogP contribution in [0, 0.1) is 12.3 Å². The fourth-order valence-corrected chi connectivity index (χ4v) is 2.58. The van der Waals surface area contributed by atoms with Crippen molar-refractivity contribution in [2.45, 2.75) is 19.9 Å². The number of nitrogens with two attached hydrogens (primary N) is 1. The highest BCUT2D eigenvalue weighted by atomic mass is 35.5. The number of halogens is 1. The first kappa shape index (κ1) is 15.5. The van der Waals surface area contributed by atoms with E-state index in [1.807, 2.05) is 43.3 Å². The van der Waals surface area contributed by atoms with Gasteiger partial charge >= 0.3 is 0 Å². The molecule has 2 aromatic carbocycles. The second-order valence-corrected chi connectivity index (χ2v) is 5.57. The number of hydrogen-bond acceptors (Lipinski definition) is 3. The maximum absolute atomic E-state index is 8.08. The van der Waals surface area contributed by atoms with Crippen molar-refractivity contribution in [3.8, 4) is 0 Å². The van der Waals surface area contributed by atoms with E-state index in [2.05, 4.69) is 11.4 Å². The highest BCUT2D eigenvalue weighted by molar-refractivity contribution is 6.30. The Kier molecular flexibility index (Phi) is 5.37. The summed E-state index contributed by atoms with van der Waals surface area (Å²) in [5.74, 6) is 0. The summed E-state index contributed by atoms with van der Waals surface area (Å²) in [7, 11) is 0. The molecule has 110 valence electrons. The van der Waals surface area contributed by atoms with E-state index in [1.54, 1.807) is 0 Å². The lowest BCUT2D eigenvalue weighted by atomic mass is 10.1. The van der Waals surface area contributed by atoms with Crippen LogP contribution in [0.1, 0.15) is 23.1 Å². The molecule has 0 bridgehead atoms. The average molecular weight is 302 g/mol. The number of benzene rings is 2. The largest absolute Gasteiger partial charge is 0.398 e. The summed E-state index contributed by atoms with van der Waals surface area (Å²) in [4.78, 5) is 0. The van der Waals surface area contributed by atoms with Gasteiger partial charge in [-0.15, -0.1) is 0 Å². The molecule has 2 aromatic rings. The molecule has 0 saturated carbocycles. The third kappa shape index (κ3) is 4.59. The molecule has 4 N–H and O–H groups in total. The van der Waals surface area contributed by atoms with E-state index in [0.29, 0.717) is 17.8 Å². The van der Waals surface area contributed by atoms with Crippen molar-refractivity contribution in [3.63, 3.8) is 0 Å². The Labute approximate surface area is 130 Å². The van der Waals surface area contributed by atoms with Crippen molar-refractivity contribution in [2.24, 2.45) is 0 Å². The maximum atomic E-state index is 8.08. The van der Waals surface area contributed by atoms with Gasteiger partial charge in [-0.3, -0.25) is 0 Å². The smallest absolute Gasteiger partial charge is 0.0419 e. The van der Waals surface area contributed by atoms with Gasteiger partial charge in [-0.2, -0.15) is 0 Å². The normalized spacial score (nSPS) is 10.6. The van der Waals surface area contributed by atoms with Gasteiger partial charge in [0.2, 0.25) is 0 Å². The number of aryl methyl sites for hydroxylation is 1. The zero-order valence-corrected chi connectivity index (χ0v) is 12.9. The van der Waals surface area contributed by atoms with Crippen LogP contribution in [0.3, 0.4) is 0 Å². The highest BCUT2D eigenvalue weighted by Crippen LogP contribution is 2.15. The predicted molar refractivity (Wildman–Crippen MR) is 90.2 cm³/mol. The Bertz CT molecular complexity index is 617. The molecular formula is C17H20ClN3. The van der Waals surface area contributed by atoms with E-state index >= 15 is 0 Å². The Morgan fingerprint density at radius 1 is 1.24 bits per heavy atom. The van der Waals surface area contributed by atoms with Crippen LogP contribution in [0.5, 0.6) is 0 Å². The minimum absolute atomic E-state index is 0.558. The SMILES string of the molecule is Cc1cc(Cl)cc(CNCCC(=N)c2ccccc2N)c1. The number of rotatable bonds is 6. The first-order valence-corrected chi connectivity index (χ1v) is 7.33. The maximum Gasteiger partial charge on any atom is 0.0419 e. The van der Waals surface area contributed by atoms with Gasteiger partial charge in [0.05, 0.1) is 0 Å². The summed E-state index contributed by atoms with van der Waals surface area (Å²) in [6.07, 6.45) is 0.647. The standard InChI is InChI=1S/C17H20ClN3/c1-12-8-13(10-14(18)9-12)11-21-7-6-17(20)15-4-2-3-5-16(15)19/h2-5,8-10,20-21H,6-7,11,19H2,1H3. The van der Waals surface area contributed by atoms with E-state index in [0.717, 1.165) is 34.8 Å². The molecule has 3 nitrogen and oxygen atoms in total. The minimum Gasteiger partial charge on any atom is -0.398 e. The number of nitrogen functional groups attached to an aromatic ring is 1. The molecule has 0 heterocycles. The zero-order valence-electron chi connectivity index (χ0n) is 12.1. The molecule has 21 heavy (non-hydrogen) atoms.